The summed E-state index contributed by atoms with van der Waals surface area (Å²) in [4.78, 5) is 16.0. The lowest BCUT2D eigenvalue weighted by atomic mass is 10.2. The van der Waals surface area contributed by atoms with Crippen LogP contribution in [0.3, 0.4) is 0 Å². The molecule has 0 saturated carbocycles. The van der Waals surface area contributed by atoms with Gasteiger partial charge in [0.1, 0.15) is 5.82 Å². The number of nitrogens with one attached hydrogen (secondary N) is 1. The van der Waals surface area contributed by atoms with Crippen molar-refractivity contribution in [2.45, 2.75) is 32.2 Å². The van der Waals surface area contributed by atoms with Crippen molar-refractivity contribution in [1.82, 2.24) is 14.9 Å². The molecular weight excluding hydrogens is 262 g/mol. The topological polar surface area (TPSA) is 46.9 Å². The predicted octanol–water partition coefficient (Wildman–Crippen LogP) is 2.78. The zero-order valence-electron chi connectivity index (χ0n) is 11.4. The SMILES string of the molecule is CNC(=O)CCn1c(C(C)Cl)nc2ccc(C)cc21. The first-order valence-electron chi connectivity index (χ1n) is 6.34. The van der Waals surface area contributed by atoms with Crippen molar-refractivity contribution in [2.75, 3.05) is 7.05 Å². The van der Waals surface area contributed by atoms with E-state index < -0.39 is 0 Å². The van der Waals surface area contributed by atoms with Gasteiger partial charge in [-0.2, -0.15) is 0 Å². The molecule has 19 heavy (non-hydrogen) atoms. The van der Waals surface area contributed by atoms with Crippen LogP contribution in [0, 0.1) is 6.92 Å². The number of carbonyl (C=O) groups excluding carboxylic acids is 1. The van der Waals surface area contributed by atoms with Crippen LogP contribution < -0.4 is 5.32 Å². The average molecular weight is 280 g/mol. The third-order valence-electron chi connectivity index (χ3n) is 3.13. The van der Waals surface area contributed by atoms with Crippen LogP contribution in [0.4, 0.5) is 0 Å². The van der Waals surface area contributed by atoms with Crippen molar-refractivity contribution < 1.29 is 4.79 Å². The molecule has 0 spiro atoms. The van der Waals surface area contributed by atoms with Crippen LogP contribution in [0.2, 0.25) is 0 Å². The molecule has 1 unspecified atom stereocenters. The van der Waals surface area contributed by atoms with Gasteiger partial charge in [-0.1, -0.05) is 6.07 Å². The molecule has 1 N–H and O–H groups in total. The van der Waals surface area contributed by atoms with Crippen molar-refractivity contribution >= 4 is 28.5 Å². The molecule has 0 radical (unpaired) electrons. The van der Waals surface area contributed by atoms with E-state index in [9.17, 15) is 4.79 Å². The fourth-order valence-electron chi connectivity index (χ4n) is 2.13. The molecule has 0 aliphatic rings. The lowest BCUT2D eigenvalue weighted by Gasteiger charge is -2.10. The van der Waals surface area contributed by atoms with Crippen LogP contribution in [-0.4, -0.2) is 22.5 Å². The standard InChI is InChI=1S/C14H18ClN3O/c1-9-4-5-11-12(8-9)18(7-6-13(19)16-3)14(17-11)10(2)15/h4-5,8,10H,6-7H2,1-3H3,(H,16,19). The molecule has 0 bridgehead atoms. The summed E-state index contributed by atoms with van der Waals surface area (Å²) in [6.45, 7) is 4.53. The minimum atomic E-state index is -0.183. The number of benzene rings is 1. The Balaban J connectivity index is 2.45. The van der Waals surface area contributed by atoms with Crippen molar-refractivity contribution in [1.29, 1.82) is 0 Å². The monoisotopic (exact) mass is 279 g/mol. The number of hydrogen-bond donors (Lipinski definition) is 1. The number of carbonyl (C=O) groups is 1. The van der Waals surface area contributed by atoms with Gasteiger partial charge in [0.25, 0.3) is 0 Å². The number of imidazole rings is 1. The van der Waals surface area contributed by atoms with E-state index in [0.717, 1.165) is 16.9 Å². The molecule has 4 nitrogen and oxygen atoms in total. The van der Waals surface area contributed by atoms with Gasteiger partial charge in [-0.25, -0.2) is 4.98 Å². The quantitative estimate of drug-likeness (QED) is 0.875. The van der Waals surface area contributed by atoms with E-state index in [0.29, 0.717) is 13.0 Å². The number of aryl methyl sites for hydroxylation is 2. The summed E-state index contributed by atoms with van der Waals surface area (Å²) in [5.41, 5.74) is 3.12. The number of alkyl halides is 1. The van der Waals surface area contributed by atoms with Crippen LogP contribution in [0.15, 0.2) is 18.2 Å². The van der Waals surface area contributed by atoms with E-state index in [4.69, 9.17) is 11.6 Å². The van der Waals surface area contributed by atoms with E-state index in [1.165, 1.54) is 5.56 Å². The van der Waals surface area contributed by atoms with E-state index in [1.54, 1.807) is 7.05 Å². The van der Waals surface area contributed by atoms with Crippen LogP contribution in [0.5, 0.6) is 0 Å². The molecule has 1 aromatic carbocycles. The van der Waals surface area contributed by atoms with Gasteiger partial charge in [0, 0.05) is 20.0 Å². The zero-order valence-corrected chi connectivity index (χ0v) is 12.2. The van der Waals surface area contributed by atoms with Crippen LogP contribution in [-0.2, 0) is 11.3 Å². The second-order valence-electron chi connectivity index (χ2n) is 4.65. The summed E-state index contributed by atoms with van der Waals surface area (Å²) in [7, 11) is 1.64. The molecule has 0 aliphatic heterocycles. The minimum Gasteiger partial charge on any atom is -0.359 e. The van der Waals surface area contributed by atoms with E-state index in [2.05, 4.69) is 16.4 Å². The Morgan fingerprint density at radius 2 is 2.26 bits per heavy atom. The lowest BCUT2D eigenvalue weighted by Crippen LogP contribution is -2.20. The number of hydrogen-bond acceptors (Lipinski definition) is 2. The highest BCUT2D eigenvalue weighted by molar-refractivity contribution is 6.20. The zero-order chi connectivity index (χ0) is 14.0. The summed E-state index contributed by atoms with van der Waals surface area (Å²) < 4.78 is 2.04. The highest BCUT2D eigenvalue weighted by Gasteiger charge is 2.15. The van der Waals surface area contributed by atoms with Gasteiger partial charge < -0.3 is 9.88 Å². The molecule has 5 heteroatoms. The molecule has 102 valence electrons. The van der Waals surface area contributed by atoms with Gasteiger partial charge in [-0.05, 0) is 31.5 Å². The number of aromatic nitrogens is 2. The van der Waals surface area contributed by atoms with Gasteiger partial charge in [0.2, 0.25) is 5.91 Å². The molecule has 1 aromatic heterocycles. The van der Waals surface area contributed by atoms with Gasteiger partial charge >= 0.3 is 0 Å². The van der Waals surface area contributed by atoms with Gasteiger partial charge in [0.15, 0.2) is 0 Å². The second-order valence-corrected chi connectivity index (χ2v) is 5.31. The summed E-state index contributed by atoms with van der Waals surface area (Å²) in [5, 5.41) is 2.45. The molecule has 0 fully saturated rings. The molecule has 1 heterocycles. The number of halogens is 1. The Hall–Kier alpha value is -1.55. The number of amides is 1. The van der Waals surface area contributed by atoms with Crippen molar-refractivity contribution in [3.8, 4) is 0 Å². The van der Waals surface area contributed by atoms with Crippen LogP contribution in [0.1, 0.15) is 30.1 Å². The first-order valence-corrected chi connectivity index (χ1v) is 6.78. The molecular formula is C14H18ClN3O. The second kappa shape index (κ2) is 5.61. The highest BCUT2D eigenvalue weighted by atomic mass is 35.5. The smallest absolute Gasteiger partial charge is 0.221 e. The molecule has 2 rings (SSSR count). The first-order chi connectivity index (χ1) is 9.02. The Kier molecular flexibility index (Phi) is 4.10. The summed E-state index contributed by atoms with van der Waals surface area (Å²) in [5.74, 6) is 0.828. The number of nitrogens with zero attached hydrogens (tertiary/aromatic N) is 2. The summed E-state index contributed by atoms with van der Waals surface area (Å²) >= 11 is 6.18. The summed E-state index contributed by atoms with van der Waals surface area (Å²) in [6, 6.07) is 6.10. The van der Waals surface area contributed by atoms with E-state index in [1.807, 2.05) is 30.5 Å². The van der Waals surface area contributed by atoms with Gasteiger partial charge in [0.05, 0.1) is 16.4 Å². The third-order valence-corrected chi connectivity index (χ3v) is 3.33. The molecule has 2 aromatic rings. The fraction of sp³-hybridized carbons (Fsp3) is 0.429. The molecule has 1 atom stereocenters. The molecule has 1 amide bonds. The maximum atomic E-state index is 11.4. The van der Waals surface area contributed by atoms with Crippen molar-refractivity contribution in [3.05, 3.63) is 29.6 Å². The van der Waals surface area contributed by atoms with Gasteiger partial charge in [-0.15, -0.1) is 11.6 Å². The Morgan fingerprint density at radius 3 is 2.89 bits per heavy atom. The third kappa shape index (κ3) is 2.89. The fourth-order valence-corrected chi connectivity index (χ4v) is 2.30. The Morgan fingerprint density at radius 1 is 1.53 bits per heavy atom. The van der Waals surface area contributed by atoms with Crippen molar-refractivity contribution in [3.63, 3.8) is 0 Å². The van der Waals surface area contributed by atoms with Gasteiger partial charge in [-0.3, -0.25) is 4.79 Å². The lowest BCUT2D eigenvalue weighted by molar-refractivity contribution is -0.120. The maximum absolute atomic E-state index is 11.4. The predicted molar refractivity (Wildman–Crippen MR) is 77.4 cm³/mol. The minimum absolute atomic E-state index is 0.0164. The normalized spacial score (nSPS) is 12.6. The van der Waals surface area contributed by atoms with E-state index >= 15 is 0 Å². The Labute approximate surface area is 117 Å². The van der Waals surface area contributed by atoms with Crippen LogP contribution in [0.25, 0.3) is 11.0 Å². The number of rotatable bonds is 4. The summed E-state index contributed by atoms with van der Waals surface area (Å²) in [6.07, 6.45) is 0.423. The maximum Gasteiger partial charge on any atom is 0.221 e. The number of fused-ring (bicyclic) bond motifs is 1. The van der Waals surface area contributed by atoms with Crippen molar-refractivity contribution in [2.24, 2.45) is 0 Å². The van der Waals surface area contributed by atoms with Crippen LogP contribution >= 0.6 is 11.6 Å². The molecule has 0 saturated heterocycles. The Bertz CT molecular complexity index is 604. The highest BCUT2D eigenvalue weighted by Crippen LogP contribution is 2.25. The van der Waals surface area contributed by atoms with E-state index in [-0.39, 0.29) is 11.3 Å². The molecule has 0 aliphatic carbocycles. The largest absolute Gasteiger partial charge is 0.359 e. The first kappa shape index (κ1) is 13.9. The average Bonchev–Trinajstić information content (AvgIpc) is 2.74.